The molecule has 0 aliphatic rings. The van der Waals surface area contributed by atoms with E-state index < -0.39 is 0 Å². The highest BCUT2D eigenvalue weighted by Crippen LogP contribution is 2.19. The van der Waals surface area contributed by atoms with Crippen molar-refractivity contribution >= 4 is 11.7 Å². The van der Waals surface area contributed by atoms with E-state index in [4.69, 9.17) is 4.74 Å². The van der Waals surface area contributed by atoms with Crippen LogP contribution >= 0.6 is 0 Å². The van der Waals surface area contributed by atoms with Gasteiger partial charge in [-0.1, -0.05) is 0 Å². The van der Waals surface area contributed by atoms with Crippen molar-refractivity contribution in [2.45, 2.75) is 6.54 Å². The first-order valence-electron chi connectivity index (χ1n) is 7.25. The van der Waals surface area contributed by atoms with Crippen LogP contribution in [0.4, 0.5) is 10.5 Å². The number of hydrogen-bond acceptors (Lipinski definition) is 5. The average molecular weight is 324 g/mol. The van der Waals surface area contributed by atoms with Gasteiger partial charge in [-0.05, 0) is 35.9 Å². The molecule has 3 aromatic rings. The van der Waals surface area contributed by atoms with Crippen LogP contribution in [0.2, 0.25) is 0 Å². The second kappa shape index (κ2) is 7.23. The van der Waals surface area contributed by atoms with Gasteiger partial charge in [-0.2, -0.15) is 5.10 Å². The molecule has 8 heteroatoms. The Labute approximate surface area is 138 Å². The van der Waals surface area contributed by atoms with Gasteiger partial charge in [0, 0.05) is 31.3 Å². The van der Waals surface area contributed by atoms with Crippen molar-refractivity contribution in [2.75, 3.05) is 12.4 Å². The smallest absolute Gasteiger partial charge is 0.319 e. The molecular weight excluding hydrogens is 308 g/mol. The zero-order valence-corrected chi connectivity index (χ0v) is 13.0. The lowest BCUT2D eigenvalue weighted by molar-refractivity contribution is 0.251. The van der Waals surface area contributed by atoms with Crippen LogP contribution < -0.4 is 15.4 Å². The molecule has 0 aliphatic heterocycles. The van der Waals surface area contributed by atoms with Crippen LogP contribution in [-0.2, 0) is 6.54 Å². The van der Waals surface area contributed by atoms with Crippen LogP contribution in [0.15, 0.2) is 55.1 Å². The zero-order valence-electron chi connectivity index (χ0n) is 13.0. The number of carbonyl (C=O) groups excluding carboxylic acids is 1. The topological polar surface area (TPSA) is 94.0 Å². The number of carbonyl (C=O) groups is 1. The number of aromatic nitrogens is 4. The molecule has 122 valence electrons. The van der Waals surface area contributed by atoms with Crippen LogP contribution in [0.5, 0.6) is 5.88 Å². The van der Waals surface area contributed by atoms with Crippen LogP contribution in [0.3, 0.4) is 0 Å². The van der Waals surface area contributed by atoms with Gasteiger partial charge in [0.25, 0.3) is 0 Å². The molecule has 0 fully saturated rings. The molecule has 3 heterocycles. The van der Waals surface area contributed by atoms with Gasteiger partial charge in [0.2, 0.25) is 5.88 Å². The lowest BCUT2D eigenvalue weighted by Gasteiger charge is -2.10. The van der Waals surface area contributed by atoms with Gasteiger partial charge in [-0.25, -0.2) is 19.4 Å². The van der Waals surface area contributed by atoms with Gasteiger partial charge in [0.05, 0.1) is 7.11 Å². The van der Waals surface area contributed by atoms with Crippen molar-refractivity contribution < 1.29 is 9.53 Å². The van der Waals surface area contributed by atoms with Crippen LogP contribution in [0.1, 0.15) is 5.56 Å². The zero-order chi connectivity index (χ0) is 16.8. The maximum Gasteiger partial charge on any atom is 0.319 e. The van der Waals surface area contributed by atoms with E-state index in [0.717, 1.165) is 5.56 Å². The summed E-state index contributed by atoms with van der Waals surface area (Å²) in [5.41, 5.74) is 1.41. The number of amides is 2. The predicted octanol–water partition coefficient (Wildman–Crippen LogP) is 1.99. The summed E-state index contributed by atoms with van der Waals surface area (Å²) in [6.45, 7) is 0.352. The van der Waals surface area contributed by atoms with Gasteiger partial charge in [-0.3, -0.25) is 0 Å². The molecule has 2 amide bonds. The molecular formula is C16H16N6O2. The molecule has 0 spiro atoms. The summed E-state index contributed by atoms with van der Waals surface area (Å²) < 4.78 is 6.75. The monoisotopic (exact) mass is 324 g/mol. The molecule has 0 aromatic carbocycles. The largest absolute Gasteiger partial charge is 0.480 e. The minimum Gasteiger partial charge on any atom is -0.480 e. The second-order valence-electron chi connectivity index (χ2n) is 4.84. The van der Waals surface area contributed by atoms with Gasteiger partial charge in [0.1, 0.15) is 5.69 Å². The number of ether oxygens (including phenoxy) is 1. The standard InChI is InChI=1S/C16H16N6O2/c1-24-15-13(4-2-6-18-15)21-16(23)19-11-12-5-8-17-14(10-12)22-9-3-7-20-22/h2-10H,11H2,1H3,(H2,19,21,23). The van der Waals surface area contributed by atoms with E-state index in [1.165, 1.54) is 7.11 Å². The third-order valence-electron chi connectivity index (χ3n) is 3.21. The highest BCUT2D eigenvalue weighted by Gasteiger charge is 2.08. The van der Waals surface area contributed by atoms with Crippen LogP contribution in [0, 0.1) is 0 Å². The van der Waals surface area contributed by atoms with Crippen molar-refractivity contribution in [3.63, 3.8) is 0 Å². The molecule has 0 bridgehead atoms. The van der Waals surface area contributed by atoms with Gasteiger partial charge < -0.3 is 15.4 Å². The second-order valence-corrected chi connectivity index (χ2v) is 4.84. The number of pyridine rings is 2. The van der Waals surface area contributed by atoms with Crippen molar-refractivity contribution in [1.29, 1.82) is 0 Å². The Kier molecular flexibility index (Phi) is 4.66. The van der Waals surface area contributed by atoms with E-state index in [-0.39, 0.29) is 6.03 Å². The highest BCUT2D eigenvalue weighted by molar-refractivity contribution is 5.90. The van der Waals surface area contributed by atoms with E-state index in [1.807, 2.05) is 18.2 Å². The first-order chi connectivity index (χ1) is 11.8. The normalized spacial score (nSPS) is 10.2. The molecule has 2 N–H and O–H groups in total. The van der Waals surface area contributed by atoms with Crippen molar-refractivity contribution in [3.05, 3.63) is 60.7 Å². The molecule has 0 saturated carbocycles. The van der Waals surface area contributed by atoms with Crippen molar-refractivity contribution in [3.8, 4) is 11.7 Å². The molecule has 0 unspecified atom stereocenters. The Hall–Kier alpha value is -3.42. The molecule has 0 atom stereocenters. The fraction of sp³-hybridized carbons (Fsp3) is 0.125. The van der Waals surface area contributed by atoms with E-state index in [2.05, 4.69) is 25.7 Å². The number of urea groups is 1. The van der Waals surface area contributed by atoms with E-state index in [0.29, 0.717) is 23.9 Å². The number of rotatable bonds is 5. The van der Waals surface area contributed by atoms with Crippen molar-refractivity contribution in [2.24, 2.45) is 0 Å². The first kappa shape index (κ1) is 15.5. The summed E-state index contributed by atoms with van der Waals surface area (Å²) in [6, 6.07) is 8.60. The summed E-state index contributed by atoms with van der Waals surface area (Å²) in [5.74, 6) is 1.05. The van der Waals surface area contributed by atoms with E-state index in [1.54, 1.807) is 41.6 Å². The molecule has 0 radical (unpaired) electrons. The Bertz CT molecular complexity index is 819. The number of methoxy groups -OCH3 is 1. The number of hydrogen-bond donors (Lipinski definition) is 2. The minimum absolute atomic E-state index is 0.348. The Morgan fingerprint density at radius 3 is 2.92 bits per heavy atom. The number of nitrogens with one attached hydrogen (secondary N) is 2. The number of anilines is 1. The van der Waals surface area contributed by atoms with Gasteiger partial charge in [0.15, 0.2) is 5.82 Å². The third-order valence-corrected chi connectivity index (χ3v) is 3.21. The van der Waals surface area contributed by atoms with Gasteiger partial charge in [-0.15, -0.1) is 0 Å². The number of nitrogens with zero attached hydrogens (tertiary/aromatic N) is 4. The molecule has 0 aliphatic carbocycles. The Morgan fingerprint density at radius 1 is 1.21 bits per heavy atom. The van der Waals surface area contributed by atoms with Crippen molar-refractivity contribution in [1.82, 2.24) is 25.1 Å². The molecule has 24 heavy (non-hydrogen) atoms. The fourth-order valence-corrected chi connectivity index (χ4v) is 2.10. The predicted molar refractivity (Wildman–Crippen MR) is 88.0 cm³/mol. The lowest BCUT2D eigenvalue weighted by atomic mass is 10.2. The van der Waals surface area contributed by atoms with E-state index >= 15 is 0 Å². The summed E-state index contributed by atoms with van der Waals surface area (Å²) in [6.07, 6.45) is 6.76. The summed E-state index contributed by atoms with van der Waals surface area (Å²) in [4.78, 5) is 20.3. The minimum atomic E-state index is -0.348. The summed E-state index contributed by atoms with van der Waals surface area (Å²) in [7, 11) is 1.50. The third kappa shape index (κ3) is 3.67. The fourth-order valence-electron chi connectivity index (χ4n) is 2.10. The highest BCUT2D eigenvalue weighted by atomic mass is 16.5. The maximum atomic E-state index is 12.0. The molecule has 0 saturated heterocycles. The lowest BCUT2D eigenvalue weighted by Crippen LogP contribution is -2.28. The maximum absolute atomic E-state index is 12.0. The average Bonchev–Trinajstić information content (AvgIpc) is 3.15. The molecule has 3 rings (SSSR count). The van der Waals surface area contributed by atoms with Crippen LogP contribution in [-0.4, -0.2) is 32.9 Å². The van der Waals surface area contributed by atoms with E-state index in [9.17, 15) is 4.79 Å². The first-order valence-corrected chi connectivity index (χ1v) is 7.25. The summed E-state index contributed by atoms with van der Waals surface area (Å²) in [5, 5.41) is 9.61. The molecule has 3 aromatic heterocycles. The van der Waals surface area contributed by atoms with Gasteiger partial charge >= 0.3 is 6.03 Å². The summed E-state index contributed by atoms with van der Waals surface area (Å²) >= 11 is 0. The Morgan fingerprint density at radius 2 is 2.12 bits per heavy atom. The quantitative estimate of drug-likeness (QED) is 0.748. The van der Waals surface area contributed by atoms with Crippen LogP contribution in [0.25, 0.3) is 5.82 Å². The Balaban J connectivity index is 1.61. The SMILES string of the molecule is COc1ncccc1NC(=O)NCc1ccnc(-n2cccn2)c1. The molecule has 8 nitrogen and oxygen atoms in total.